The maximum atomic E-state index is 14.0. The summed E-state index contributed by atoms with van der Waals surface area (Å²) in [7, 11) is 1.66. The highest BCUT2D eigenvalue weighted by Gasteiger charge is 2.39. The van der Waals surface area contributed by atoms with Gasteiger partial charge in [-0.05, 0) is 69.8 Å². The summed E-state index contributed by atoms with van der Waals surface area (Å²) in [5.74, 6) is -1.07. The zero-order valence-corrected chi connectivity index (χ0v) is 18.1. The maximum absolute atomic E-state index is 14.0. The molecule has 4 atom stereocenters. The molecule has 2 aliphatic rings. The van der Waals surface area contributed by atoms with E-state index in [2.05, 4.69) is 16.0 Å². The zero-order valence-electron chi connectivity index (χ0n) is 18.1. The van der Waals surface area contributed by atoms with Crippen LogP contribution in [0.5, 0.6) is 0 Å². The molecule has 1 heterocycles. The minimum Gasteiger partial charge on any atom is -0.347 e. The molecule has 1 aliphatic carbocycles. The largest absolute Gasteiger partial charge is 0.347 e. The molecule has 1 fully saturated rings. The number of likely N-dealkylation sites (N-methyl/N-ethyl adjacent to an activating group) is 1. The van der Waals surface area contributed by atoms with Crippen LogP contribution in [0.3, 0.4) is 0 Å². The van der Waals surface area contributed by atoms with Gasteiger partial charge in [-0.15, -0.1) is 0 Å². The second-order valence-corrected chi connectivity index (χ2v) is 8.25. The van der Waals surface area contributed by atoms with E-state index in [-0.39, 0.29) is 36.1 Å². The molecule has 5 N–H and O–H groups in total. The minimum atomic E-state index is -0.775. The maximum Gasteiger partial charge on any atom is 0.245 e. The first-order valence-electron chi connectivity index (χ1n) is 10.9. The number of carbonyl (C=O) groups is 3. The van der Waals surface area contributed by atoms with Crippen LogP contribution >= 0.6 is 0 Å². The number of rotatable bonds is 8. The Morgan fingerprint density at radius 2 is 2.06 bits per heavy atom. The van der Waals surface area contributed by atoms with E-state index < -0.39 is 18.1 Å². The Balaban J connectivity index is 1.68. The molecule has 31 heavy (non-hydrogen) atoms. The second kappa shape index (κ2) is 10.2. The molecule has 8 nitrogen and oxygen atoms in total. The number of nitrogens with two attached hydrogens (primary N) is 1. The third-order valence-corrected chi connectivity index (χ3v) is 6.26. The lowest BCUT2D eigenvalue weighted by Crippen LogP contribution is -2.56. The van der Waals surface area contributed by atoms with Gasteiger partial charge in [0, 0.05) is 6.54 Å². The summed E-state index contributed by atoms with van der Waals surface area (Å²) < 4.78 is 14.0. The SMILES string of the molecule is CN[C@@H](C)C(=O)N[C@@H](CCN)C(=O)N1CCC[C@H]1C(=O)N[C@@H]1CCc2c(F)cccc21. The molecular formula is C22H32FN5O3. The van der Waals surface area contributed by atoms with Crippen LogP contribution < -0.4 is 21.7 Å². The predicted molar refractivity (Wildman–Crippen MR) is 114 cm³/mol. The summed E-state index contributed by atoms with van der Waals surface area (Å²) in [6, 6.07) is 2.83. The first kappa shape index (κ1) is 23.1. The van der Waals surface area contributed by atoms with Gasteiger partial charge in [-0.25, -0.2) is 4.39 Å². The Morgan fingerprint density at radius 3 is 2.77 bits per heavy atom. The lowest BCUT2D eigenvalue weighted by molar-refractivity contribution is -0.141. The van der Waals surface area contributed by atoms with Crippen LogP contribution in [0, 0.1) is 5.82 Å². The number of hydrogen-bond donors (Lipinski definition) is 4. The van der Waals surface area contributed by atoms with Gasteiger partial charge >= 0.3 is 0 Å². The summed E-state index contributed by atoms with van der Waals surface area (Å²) in [6.45, 7) is 2.39. The second-order valence-electron chi connectivity index (χ2n) is 8.25. The van der Waals surface area contributed by atoms with Crippen molar-refractivity contribution in [2.75, 3.05) is 20.1 Å². The van der Waals surface area contributed by atoms with Crippen LogP contribution in [0.1, 0.15) is 49.8 Å². The normalized spacial score (nSPS) is 22.0. The van der Waals surface area contributed by atoms with E-state index in [0.717, 1.165) is 5.56 Å². The Morgan fingerprint density at radius 1 is 1.29 bits per heavy atom. The van der Waals surface area contributed by atoms with Crippen molar-refractivity contribution in [3.8, 4) is 0 Å². The number of hydrogen-bond acceptors (Lipinski definition) is 5. The molecule has 1 saturated heterocycles. The van der Waals surface area contributed by atoms with E-state index in [9.17, 15) is 18.8 Å². The van der Waals surface area contributed by atoms with E-state index in [0.29, 0.717) is 44.2 Å². The van der Waals surface area contributed by atoms with Gasteiger partial charge in [-0.1, -0.05) is 12.1 Å². The van der Waals surface area contributed by atoms with E-state index in [1.807, 2.05) is 6.07 Å². The summed E-state index contributed by atoms with van der Waals surface area (Å²) >= 11 is 0. The van der Waals surface area contributed by atoms with E-state index in [4.69, 9.17) is 5.73 Å². The van der Waals surface area contributed by atoms with Crippen molar-refractivity contribution in [1.29, 1.82) is 0 Å². The van der Waals surface area contributed by atoms with E-state index >= 15 is 0 Å². The number of fused-ring (bicyclic) bond motifs is 1. The van der Waals surface area contributed by atoms with Crippen molar-refractivity contribution in [2.45, 2.75) is 63.2 Å². The molecule has 0 bridgehead atoms. The van der Waals surface area contributed by atoms with Crippen LogP contribution in [0.25, 0.3) is 0 Å². The highest BCUT2D eigenvalue weighted by atomic mass is 19.1. The van der Waals surface area contributed by atoms with Crippen LogP contribution in [-0.2, 0) is 20.8 Å². The fourth-order valence-electron chi connectivity index (χ4n) is 4.38. The Bertz CT molecular complexity index is 833. The van der Waals surface area contributed by atoms with Gasteiger partial charge in [0.15, 0.2) is 0 Å². The number of halogens is 1. The standard InChI is InChI=1S/C22H32FN5O3/c1-13(25-2)20(29)27-18(10-11-24)22(31)28-12-4-7-19(28)21(30)26-17-9-8-14-15(17)5-3-6-16(14)23/h3,5-6,13,17-19,25H,4,7-12,24H2,1-2H3,(H,26,30)(H,27,29)/t13-,17+,18-,19-/m0/s1. The van der Waals surface area contributed by atoms with Gasteiger partial charge in [0.05, 0.1) is 12.1 Å². The Labute approximate surface area is 182 Å². The van der Waals surface area contributed by atoms with Crippen molar-refractivity contribution >= 4 is 17.7 Å². The molecular weight excluding hydrogens is 401 g/mol. The van der Waals surface area contributed by atoms with Crippen LogP contribution in [0.4, 0.5) is 4.39 Å². The summed E-state index contributed by atoms with van der Waals surface area (Å²) in [6.07, 6.45) is 2.76. The van der Waals surface area contributed by atoms with Crippen LogP contribution in [0.2, 0.25) is 0 Å². The molecule has 0 radical (unpaired) electrons. The predicted octanol–water partition coefficient (Wildman–Crippen LogP) is 0.362. The molecule has 3 rings (SSSR count). The molecule has 1 aromatic rings. The molecule has 0 aromatic heterocycles. The first-order chi connectivity index (χ1) is 14.9. The van der Waals surface area contributed by atoms with Crippen LogP contribution in [-0.4, -0.2) is 60.9 Å². The van der Waals surface area contributed by atoms with Gasteiger partial charge in [0.2, 0.25) is 17.7 Å². The fraction of sp³-hybridized carbons (Fsp3) is 0.591. The van der Waals surface area contributed by atoms with Gasteiger partial charge in [0.1, 0.15) is 17.9 Å². The lowest BCUT2D eigenvalue weighted by Gasteiger charge is -2.30. The average Bonchev–Trinajstić information content (AvgIpc) is 3.40. The van der Waals surface area contributed by atoms with Crippen LogP contribution in [0.15, 0.2) is 18.2 Å². The quantitative estimate of drug-likeness (QED) is 0.472. The average molecular weight is 434 g/mol. The molecule has 170 valence electrons. The molecule has 3 amide bonds. The highest BCUT2D eigenvalue weighted by Crippen LogP contribution is 2.33. The fourth-order valence-corrected chi connectivity index (χ4v) is 4.38. The monoisotopic (exact) mass is 433 g/mol. The number of likely N-dealkylation sites (tertiary alicyclic amines) is 1. The third kappa shape index (κ3) is 5.04. The lowest BCUT2D eigenvalue weighted by atomic mass is 10.1. The van der Waals surface area contributed by atoms with Gasteiger partial charge < -0.3 is 26.6 Å². The topological polar surface area (TPSA) is 117 Å². The number of amides is 3. The van der Waals surface area contributed by atoms with Crippen molar-refractivity contribution in [3.63, 3.8) is 0 Å². The Kier molecular flexibility index (Phi) is 7.61. The highest BCUT2D eigenvalue weighted by molar-refractivity contribution is 5.93. The van der Waals surface area contributed by atoms with Gasteiger partial charge in [-0.3, -0.25) is 14.4 Å². The summed E-state index contributed by atoms with van der Waals surface area (Å²) in [4.78, 5) is 40.0. The molecule has 0 spiro atoms. The number of carbonyl (C=O) groups excluding carboxylic acids is 3. The molecule has 9 heteroatoms. The van der Waals surface area contributed by atoms with Crippen molar-refractivity contribution in [1.82, 2.24) is 20.9 Å². The van der Waals surface area contributed by atoms with Gasteiger partial charge in [-0.2, -0.15) is 0 Å². The van der Waals surface area contributed by atoms with Crippen molar-refractivity contribution < 1.29 is 18.8 Å². The third-order valence-electron chi connectivity index (χ3n) is 6.26. The zero-order chi connectivity index (χ0) is 22.5. The molecule has 0 unspecified atom stereocenters. The molecule has 1 aliphatic heterocycles. The first-order valence-corrected chi connectivity index (χ1v) is 10.9. The smallest absolute Gasteiger partial charge is 0.245 e. The minimum absolute atomic E-state index is 0.236. The Hall–Kier alpha value is -2.52. The summed E-state index contributed by atoms with van der Waals surface area (Å²) in [5.41, 5.74) is 7.12. The number of benzene rings is 1. The molecule has 1 aromatic carbocycles. The number of nitrogens with zero attached hydrogens (tertiary/aromatic N) is 1. The molecule has 0 saturated carbocycles. The van der Waals surface area contributed by atoms with Gasteiger partial charge in [0.25, 0.3) is 0 Å². The van der Waals surface area contributed by atoms with Crippen molar-refractivity contribution in [3.05, 3.63) is 35.1 Å². The van der Waals surface area contributed by atoms with E-state index in [1.54, 1.807) is 24.9 Å². The van der Waals surface area contributed by atoms with Crippen molar-refractivity contribution in [2.24, 2.45) is 5.73 Å². The number of nitrogens with one attached hydrogen (secondary N) is 3. The summed E-state index contributed by atoms with van der Waals surface area (Å²) in [5, 5.41) is 8.60. The van der Waals surface area contributed by atoms with E-state index in [1.165, 1.54) is 6.07 Å².